The summed E-state index contributed by atoms with van der Waals surface area (Å²) in [5.41, 5.74) is 9.15. The largest absolute Gasteiger partial charge is 0.457 e. The Kier molecular flexibility index (Phi) is 5.63. The first-order valence-electron chi connectivity index (χ1n) is 11.7. The van der Waals surface area contributed by atoms with Crippen LogP contribution >= 0.6 is 0 Å². The van der Waals surface area contributed by atoms with Crippen LogP contribution in [0.4, 0.5) is 11.6 Å². The molecule has 7 heteroatoms. The summed E-state index contributed by atoms with van der Waals surface area (Å²) in [6, 6.07) is 27.9. The summed E-state index contributed by atoms with van der Waals surface area (Å²) in [5, 5.41) is 11.2. The van der Waals surface area contributed by atoms with Crippen molar-refractivity contribution in [2.75, 3.05) is 11.1 Å². The van der Waals surface area contributed by atoms with E-state index in [-0.39, 0.29) is 0 Å². The van der Waals surface area contributed by atoms with E-state index < -0.39 is 0 Å². The average molecular weight is 473 g/mol. The molecule has 3 N–H and O–H groups in total. The molecule has 7 nitrogen and oxygen atoms in total. The van der Waals surface area contributed by atoms with Gasteiger partial charge in [0.25, 0.3) is 0 Å². The summed E-state index contributed by atoms with van der Waals surface area (Å²) in [4.78, 5) is 8.71. The first kappa shape index (κ1) is 21.6. The smallest absolute Gasteiger partial charge is 0.137 e. The highest BCUT2D eigenvalue weighted by molar-refractivity contribution is 5.91. The number of hydrogen-bond donors (Lipinski definition) is 2. The van der Waals surface area contributed by atoms with Crippen LogP contribution in [0.1, 0.15) is 11.1 Å². The number of nitrogens with zero attached hydrogens (tertiary/aromatic N) is 4. The van der Waals surface area contributed by atoms with Gasteiger partial charge in [0.05, 0.1) is 17.4 Å². The Morgan fingerprint density at radius 3 is 2.42 bits per heavy atom. The van der Waals surface area contributed by atoms with Gasteiger partial charge in [-0.3, -0.25) is 4.68 Å². The Labute approximate surface area is 208 Å². The molecule has 0 bridgehead atoms. The van der Waals surface area contributed by atoms with Crippen molar-refractivity contribution in [3.05, 3.63) is 115 Å². The highest BCUT2D eigenvalue weighted by atomic mass is 16.5. The van der Waals surface area contributed by atoms with Gasteiger partial charge in [-0.05, 0) is 59.0 Å². The Balaban J connectivity index is 1.16. The van der Waals surface area contributed by atoms with Gasteiger partial charge in [0, 0.05) is 30.5 Å². The second kappa shape index (κ2) is 9.38. The molecule has 0 amide bonds. The summed E-state index contributed by atoms with van der Waals surface area (Å²) in [6.45, 7) is 1.29. The van der Waals surface area contributed by atoms with E-state index in [1.54, 1.807) is 12.4 Å². The second-order valence-corrected chi connectivity index (χ2v) is 8.58. The van der Waals surface area contributed by atoms with Gasteiger partial charge in [0.1, 0.15) is 23.1 Å². The summed E-state index contributed by atoms with van der Waals surface area (Å²) in [7, 11) is 0. The fourth-order valence-corrected chi connectivity index (χ4v) is 4.24. The number of anilines is 2. The predicted molar refractivity (Wildman–Crippen MR) is 143 cm³/mol. The van der Waals surface area contributed by atoms with E-state index in [1.165, 1.54) is 0 Å². The third kappa shape index (κ3) is 4.54. The molecule has 0 saturated heterocycles. The number of ether oxygens (including phenoxy) is 1. The molecule has 6 rings (SSSR count). The molecule has 0 radical (unpaired) electrons. The van der Waals surface area contributed by atoms with Crippen LogP contribution in [0.25, 0.3) is 21.7 Å². The lowest BCUT2D eigenvalue weighted by Crippen LogP contribution is -2.02. The van der Waals surface area contributed by atoms with E-state index in [0.29, 0.717) is 18.9 Å². The van der Waals surface area contributed by atoms with Crippen molar-refractivity contribution in [2.45, 2.75) is 13.1 Å². The zero-order chi connectivity index (χ0) is 24.3. The van der Waals surface area contributed by atoms with E-state index in [2.05, 4.69) is 39.6 Å². The van der Waals surface area contributed by atoms with Crippen molar-refractivity contribution in [3.8, 4) is 11.5 Å². The van der Waals surface area contributed by atoms with Gasteiger partial charge in [-0.2, -0.15) is 5.10 Å². The van der Waals surface area contributed by atoms with E-state index in [4.69, 9.17) is 15.6 Å². The number of nitrogens with two attached hydrogens (primary N) is 1. The summed E-state index contributed by atoms with van der Waals surface area (Å²) >= 11 is 0. The molecule has 176 valence electrons. The number of para-hydroxylation sites is 1. The lowest BCUT2D eigenvalue weighted by Gasteiger charge is -2.08. The molecule has 0 atom stereocenters. The normalized spacial score (nSPS) is 11.1. The highest BCUT2D eigenvalue weighted by Gasteiger charge is 2.09. The zero-order valence-electron chi connectivity index (χ0n) is 19.5. The Morgan fingerprint density at radius 2 is 1.56 bits per heavy atom. The monoisotopic (exact) mass is 472 g/mol. The van der Waals surface area contributed by atoms with Crippen molar-refractivity contribution >= 4 is 33.3 Å². The van der Waals surface area contributed by atoms with Gasteiger partial charge >= 0.3 is 0 Å². The van der Waals surface area contributed by atoms with Gasteiger partial charge in [-0.1, -0.05) is 42.5 Å². The van der Waals surface area contributed by atoms with Crippen molar-refractivity contribution in [1.82, 2.24) is 19.7 Å². The van der Waals surface area contributed by atoms with Crippen LogP contribution in [0.15, 0.2) is 104 Å². The molecule has 6 aromatic rings. The lowest BCUT2D eigenvalue weighted by molar-refractivity contribution is 0.482. The number of aromatic nitrogens is 4. The molecule has 0 aliphatic rings. The molecule has 0 unspecified atom stereocenters. The standard InChI is InChI=1S/C29H24N6O/c30-28-25-11-8-21(16-22(25)12-14-31-28)17-33-29-26-19-35(34-27(26)13-15-32-29)18-20-6-9-24(10-7-20)36-23-4-2-1-3-5-23/h1-16,19H,17-18H2,(H2,30,31)(H,32,33). The van der Waals surface area contributed by atoms with E-state index in [1.807, 2.05) is 71.5 Å². The first-order chi connectivity index (χ1) is 17.7. The van der Waals surface area contributed by atoms with E-state index in [9.17, 15) is 0 Å². The van der Waals surface area contributed by atoms with Crippen LogP contribution in [-0.4, -0.2) is 19.7 Å². The second-order valence-electron chi connectivity index (χ2n) is 8.58. The fourth-order valence-electron chi connectivity index (χ4n) is 4.24. The van der Waals surface area contributed by atoms with Crippen molar-refractivity contribution in [1.29, 1.82) is 0 Å². The predicted octanol–water partition coefficient (Wildman–Crippen LogP) is 6.01. The SMILES string of the molecule is Nc1nccc2cc(CNc3nccc4nn(Cc5ccc(Oc6ccccc6)cc5)cc34)ccc12. The van der Waals surface area contributed by atoms with Gasteiger partial charge in [-0.15, -0.1) is 0 Å². The minimum Gasteiger partial charge on any atom is -0.457 e. The highest BCUT2D eigenvalue weighted by Crippen LogP contribution is 2.24. The first-order valence-corrected chi connectivity index (χ1v) is 11.7. The molecular formula is C29H24N6O. The number of rotatable bonds is 7. The fraction of sp³-hybridized carbons (Fsp3) is 0.0690. The molecule has 0 fully saturated rings. The molecule has 3 aromatic carbocycles. The summed E-state index contributed by atoms with van der Waals surface area (Å²) in [5.74, 6) is 2.98. The number of nitrogens with one attached hydrogen (secondary N) is 1. The maximum atomic E-state index is 5.98. The number of pyridine rings is 2. The third-order valence-electron chi connectivity index (χ3n) is 6.05. The molecule has 0 saturated carbocycles. The topological polar surface area (TPSA) is 90.9 Å². The van der Waals surface area contributed by atoms with Gasteiger partial charge in [0.2, 0.25) is 0 Å². The average Bonchev–Trinajstić information content (AvgIpc) is 3.32. The van der Waals surface area contributed by atoms with Crippen LogP contribution in [-0.2, 0) is 13.1 Å². The molecule has 3 heterocycles. The maximum absolute atomic E-state index is 5.98. The van der Waals surface area contributed by atoms with Crippen molar-refractivity contribution in [3.63, 3.8) is 0 Å². The summed E-state index contributed by atoms with van der Waals surface area (Å²) < 4.78 is 7.83. The quantitative estimate of drug-likeness (QED) is 0.295. The van der Waals surface area contributed by atoms with Crippen LogP contribution in [0.2, 0.25) is 0 Å². The zero-order valence-corrected chi connectivity index (χ0v) is 19.5. The van der Waals surface area contributed by atoms with Gasteiger partial charge in [0.15, 0.2) is 0 Å². The molecule has 0 aliphatic heterocycles. The minimum absolute atomic E-state index is 0.546. The van der Waals surface area contributed by atoms with E-state index in [0.717, 1.165) is 50.1 Å². The number of benzene rings is 3. The van der Waals surface area contributed by atoms with Crippen LogP contribution in [0.3, 0.4) is 0 Å². The van der Waals surface area contributed by atoms with Gasteiger partial charge in [-0.25, -0.2) is 9.97 Å². The number of nitrogen functional groups attached to an aromatic ring is 1. The Hall–Kier alpha value is -4.91. The Bertz CT molecular complexity index is 1640. The molecular weight excluding hydrogens is 448 g/mol. The van der Waals surface area contributed by atoms with Crippen LogP contribution < -0.4 is 15.8 Å². The molecule has 36 heavy (non-hydrogen) atoms. The molecule has 0 spiro atoms. The lowest BCUT2D eigenvalue weighted by atomic mass is 10.1. The van der Waals surface area contributed by atoms with Crippen molar-refractivity contribution in [2.24, 2.45) is 0 Å². The third-order valence-corrected chi connectivity index (χ3v) is 6.05. The van der Waals surface area contributed by atoms with Crippen molar-refractivity contribution < 1.29 is 4.74 Å². The molecule has 3 aromatic heterocycles. The summed E-state index contributed by atoms with van der Waals surface area (Å²) in [6.07, 6.45) is 5.55. The molecule has 0 aliphatic carbocycles. The van der Waals surface area contributed by atoms with E-state index >= 15 is 0 Å². The maximum Gasteiger partial charge on any atom is 0.137 e. The number of hydrogen-bond acceptors (Lipinski definition) is 6. The van der Waals surface area contributed by atoms with Crippen LogP contribution in [0.5, 0.6) is 11.5 Å². The van der Waals surface area contributed by atoms with Gasteiger partial charge < -0.3 is 15.8 Å². The Morgan fingerprint density at radius 1 is 0.778 bits per heavy atom. The van der Waals surface area contributed by atoms with Crippen LogP contribution in [0, 0.1) is 0 Å². The minimum atomic E-state index is 0.546. The number of fused-ring (bicyclic) bond motifs is 2.